The Bertz CT molecular complexity index is 1080. The minimum atomic E-state index is -0.731. The average Bonchev–Trinajstić information content (AvgIpc) is 2.79. The van der Waals surface area contributed by atoms with Crippen LogP contribution in [0.15, 0.2) is 48.5 Å². The lowest BCUT2D eigenvalue weighted by atomic mass is 10.2. The van der Waals surface area contributed by atoms with Gasteiger partial charge in [-0.25, -0.2) is 9.80 Å². The highest BCUT2D eigenvalue weighted by Gasteiger charge is 2.24. The van der Waals surface area contributed by atoms with Crippen molar-refractivity contribution in [2.75, 3.05) is 23.1 Å². The summed E-state index contributed by atoms with van der Waals surface area (Å²) in [5.74, 6) is -1.77. The molecule has 3 amide bonds. The van der Waals surface area contributed by atoms with Crippen molar-refractivity contribution in [3.8, 4) is 6.07 Å². The van der Waals surface area contributed by atoms with Crippen LogP contribution in [0.3, 0.4) is 0 Å². The van der Waals surface area contributed by atoms with Gasteiger partial charge in [-0.3, -0.25) is 19.8 Å². The minimum absolute atomic E-state index is 0.0966. The second-order valence-corrected chi connectivity index (χ2v) is 7.26. The van der Waals surface area contributed by atoms with Crippen LogP contribution in [0, 0.1) is 11.3 Å². The van der Waals surface area contributed by atoms with Crippen LogP contribution >= 0.6 is 11.6 Å². The highest BCUT2D eigenvalue weighted by molar-refractivity contribution is 6.30. The molecule has 0 bridgehead atoms. The number of nitrogens with one attached hydrogen (secondary N) is 1. The van der Waals surface area contributed by atoms with Gasteiger partial charge in [0.1, 0.15) is 0 Å². The van der Waals surface area contributed by atoms with E-state index in [0.717, 1.165) is 5.01 Å². The Morgan fingerprint density at radius 2 is 1.91 bits per heavy atom. The van der Waals surface area contributed by atoms with Gasteiger partial charge in [0, 0.05) is 30.1 Å². The molecule has 0 radical (unpaired) electrons. The zero-order chi connectivity index (χ0) is 23.1. The highest BCUT2D eigenvalue weighted by atomic mass is 35.5. The SMILES string of the molecule is N#CCCN(C(=O)COC(=O)c1ccc(N2NC(=O)CCC2=O)cc1)c1cccc(Cl)c1. The summed E-state index contributed by atoms with van der Waals surface area (Å²) < 4.78 is 5.13. The first-order valence-electron chi connectivity index (χ1n) is 9.71. The van der Waals surface area contributed by atoms with E-state index >= 15 is 0 Å². The van der Waals surface area contributed by atoms with Crippen LogP contribution in [0.1, 0.15) is 29.6 Å². The third-order valence-corrected chi connectivity index (χ3v) is 4.84. The van der Waals surface area contributed by atoms with E-state index in [4.69, 9.17) is 21.6 Å². The summed E-state index contributed by atoms with van der Waals surface area (Å²) in [6, 6.07) is 14.4. The van der Waals surface area contributed by atoms with Gasteiger partial charge in [0.25, 0.3) is 5.91 Å². The van der Waals surface area contributed by atoms with Gasteiger partial charge in [-0.15, -0.1) is 0 Å². The quantitative estimate of drug-likeness (QED) is 0.642. The third kappa shape index (κ3) is 5.62. The van der Waals surface area contributed by atoms with Gasteiger partial charge in [0.05, 0.1) is 23.7 Å². The first-order valence-corrected chi connectivity index (χ1v) is 10.1. The number of halogens is 1. The molecule has 0 unspecified atom stereocenters. The van der Waals surface area contributed by atoms with Crippen molar-refractivity contribution in [2.45, 2.75) is 19.3 Å². The molecule has 1 heterocycles. The van der Waals surface area contributed by atoms with E-state index in [0.29, 0.717) is 16.4 Å². The van der Waals surface area contributed by atoms with Gasteiger partial charge in [0.2, 0.25) is 11.8 Å². The molecule has 10 heteroatoms. The van der Waals surface area contributed by atoms with E-state index in [1.807, 2.05) is 6.07 Å². The number of hydrogen-bond donors (Lipinski definition) is 1. The number of ether oxygens (including phenoxy) is 1. The number of hydrazine groups is 1. The minimum Gasteiger partial charge on any atom is -0.452 e. The van der Waals surface area contributed by atoms with Gasteiger partial charge in [-0.2, -0.15) is 5.26 Å². The molecule has 32 heavy (non-hydrogen) atoms. The van der Waals surface area contributed by atoms with Gasteiger partial charge >= 0.3 is 5.97 Å². The molecule has 0 atom stereocenters. The van der Waals surface area contributed by atoms with E-state index < -0.39 is 18.5 Å². The lowest BCUT2D eigenvalue weighted by molar-refractivity contribution is -0.130. The largest absolute Gasteiger partial charge is 0.452 e. The maximum Gasteiger partial charge on any atom is 0.338 e. The molecule has 3 rings (SSSR count). The smallest absolute Gasteiger partial charge is 0.338 e. The van der Waals surface area contributed by atoms with Gasteiger partial charge in [0.15, 0.2) is 6.61 Å². The Labute approximate surface area is 189 Å². The van der Waals surface area contributed by atoms with Crippen LogP contribution in [0.4, 0.5) is 11.4 Å². The summed E-state index contributed by atoms with van der Waals surface area (Å²) in [4.78, 5) is 49.8. The lowest BCUT2D eigenvalue weighted by Crippen LogP contribution is -2.50. The number of esters is 1. The Morgan fingerprint density at radius 1 is 1.16 bits per heavy atom. The fraction of sp³-hybridized carbons (Fsp3) is 0.227. The Balaban J connectivity index is 1.63. The van der Waals surface area contributed by atoms with E-state index in [1.165, 1.54) is 29.2 Å². The molecular weight excluding hydrogens is 436 g/mol. The number of carbonyl (C=O) groups is 4. The number of rotatable bonds is 7. The summed E-state index contributed by atoms with van der Waals surface area (Å²) in [5.41, 5.74) is 3.53. The molecule has 0 spiro atoms. The number of carbonyl (C=O) groups excluding carboxylic acids is 4. The van der Waals surface area contributed by atoms with Crippen molar-refractivity contribution in [1.29, 1.82) is 5.26 Å². The molecule has 2 aromatic carbocycles. The lowest BCUT2D eigenvalue weighted by Gasteiger charge is -2.27. The van der Waals surface area contributed by atoms with Gasteiger partial charge in [-0.05, 0) is 42.5 Å². The Morgan fingerprint density at radius 3 is 2.59 bits per heavy atom. The van der Waals surface area contributed by atoms with E-state index in [2.05, 4.69) is 5.43 Å². The van der Waals surface area contributed by atoms with E-state index in [1.54, 1.807) is 24.3 Å². The van der Waals surface area contributed by atoms with Crippen molar-refractivity contribution in [2.24, 2.45) is 0 Å². The Kier molecular flexibility index (Phi) is 7.41. The molecule has 1 N–H and O–H groups in total. The number of nitrogens with zero attached hydrogens (tertiary/aromatic N) is 3. The maximum absolute atomic E-state index is 12.6. The maximum atomic E-state index is 12.6. The second kappa shape index (κ2) is 10.4. The molecule has 0 aliphatic carbocycles. The van der Waals surface area contributed by atoms with Crippen molar-refractivity contribution < 1.29 is 23.9 Å². The van der Waals surface area contributed by atoms with Crippen molar-refractivity contribution >= 4 is 46.7 Å². The van der Waals surface area contributed by atoms with E-state index in [9.17, 15) is 19.2 Å². The standard InChI is InChI=1S/C22H19ClN4O5/c23-16-3-1-4-18(13-16)26(12-2-11-24)21(30)14-32-22(31)15-5-7-17(8-6-15)27-20(29)10-9-19(28)25-27/h1,3-8,13H,2,9-10,12,14H2,(H,25,28). The summed E-state index contributed by atoms with van der Waals surface area (Å²) >= 11 is 5.99. The monoisotopic (exact) mass is 454 g/mol. The van der Waals surface area contributed by atoms with Crippen molar-refractivity contribution in [1.82, 2.24) is 5.43 Å². The summed E-state index contributed by atoms with van der Waals surface area (Å²) in [5, 5.41) is 10.4. The summed E-state index contributed by atoms with van der Waals surface area (Å²) in [6.07, 6.45) is 0.334. The first-order chi connectivity index (χ1) is 15.4. The van der Waals surface area contributed by atoms with Crippen LogP contribution in [-0.4, -0.2) is 36.8 Å². The first kappa shape index (κ1) is 22.8. The fourth-order valence-electron chi connectivity index (χ4n) is 3.02. The zero-order valence-corrected chi connectivity index (χ0v) is 17.7. The average molecular weight is 455 g/mol. The van der Waals surface area contributed by atoms with Crippen molar-refractivity contribution in [3.63, 3.8) is 0 Å². The number of anilines is 2. The second-order valence-electron chi connectivity index (χ2n) is 6.82. The molecule has 2 aromatic rings. The summed E-state index contributed by atoms with van der Waals surface area (Å²) in [6.45, 7) is -0.406. The van der Waals surface area contributed by atoms with Crippen LogP contribution in [0.2, 0.25) is 5.02 Å². The molecule has 164 valence electrons. The molecule has 0 saturated carbocycles. The molecule has 1 fully saturated rings. The van der Waals surface area contributed by atoms with E-state index in [-0.39, 0.29) is 43.2 Å². The fourth-order valence-corrected chi connectivity index (χ4v) is 3.21. The topological polar surface area (TPSA) is 120 Å². The van der Waals surface area contributed by atoms with Crippen LogP contribution in [0.5, 0.6) is 0 Å². The van der Waals surface area contributed by atoms with Crippen LogP contribution in [0.25, 0.3) is 0 Å². The van der Waals surface area contributed by atoms with Crippen LogP contribution < -0.4 is 15.3 Å². The number of benzene rings is 2. The van der Waals surface area contributed by atoms with Gasteiger partial charge in [-0.1, -0.05) is 17.7 Å². The van der Waals surface area contributed by atoms with Crippen molar-refractivity contribution in [3.05, 3.63) is 59.1 Å². The zero-order valence-electron chi connectivity index (χ0n) is 16.9. The third-order valence-electron chi connectivity index (χ3n) is 4.61. The molecule has 0 aromatic heterocycles. The predicted molar refractivity (Wildman–Crippen MR) is 116 cm³/mol. The Hall–Kier alpha value is -3.90. The molecular formula is C22H19ClN4O5. The highest BCUT2D eigenvalue weighted by Crippen LogP contribution is 2.21. The number of nitriles is 1. The molecule has 1 aliphatic rings. The van der Waals surface area contributed by atoms with Gasteiger partial charge < -0.3 is 9.64 Å². The molecule has 1 aliphatic heterocycles. The predicted octanol–water partition coefficient (Wildman–Crippen LogP) is 2.60. The summed E-state index contributed by atoms with van der Waals surface area (Å²) in [7, 11) is 0. The normalized spacial score (nSPS) is 13.2. The number of hydrogen-bond acceptors (Lipinski definition) is 6. The molecule has 9 nitrogen and oxygen atoms in total. The van der Waals surface area contributed by atoms with Crippen LogP contribution in [-0.2, 0) is 19.1 Å². The number of amides is 3. The molecule has 1 saturated heterocycles.